The Balaban J connectivity index is 1.90. The van der Waals surface area contributed by atoms with Crippen molar-refractivity contribution in [2.45, 2.75) is 51.4 Å². The minimum Gasteiger partial charge on any atom is -0.465 e. The van der Waals surface area contributed by atoms with Gasteiger partial charge in [0.15, 0.2) is 5.16 Å². The van der Waals surface area contributed by atoms with Crippen LogP contribution < -0.4 is 10.9 Å². The molecule has 1 N–H and O–H groups in total. The summed E-state index contributed by atoms with van der Waals surface area (Å²) in [4.78, 5) is 41.8. The molecule has 0 unspecified atom stereocenters. The fourth-order valence-electron chi connectivity index (χ4n) is 3.22. The number of benzene rings is 1. The standard InChI is InChI=1S/C21H27N3O4S/c1-12(2)10-24-19(26)16-8-7-15(20(27)28-4)9-17(16)23-21(24)29-11-18(25)22-13(3)14-5-6-14/h7-9,12-14H,5-6,10-11H2,1-4H3,(H,22,25)/t13-/m1/s1. The Morgan fingerprint density at radius 1 is 1.31 bits per heavy atom. The van der Waals surface area contributed by atoms with Crippen molar-refractivity contribution in [1.82, 2.24) is 14.9 Å². The van der Waals surface area contributed by atoms with E-state index in [0.717, 1.165) is 12.8 Å². The summed E-state index contributed by atoms with van der Waals surface area (Å²) in [6.07, 6.45) is 2.33. The number of rotatable bonds is 8. The van der Waals surface area contributed by atoms with Gasteiger partial charge in [0.05, 0.1) is 29.3 Å². The summed E-state index contributed by atoms with van der Waals surface area (Å²) in [5.41, 5.74) is 0.585. The van der Waals surface area contributed by atoms with E-state index < -0.39 is 5.97 Å². The van der Waals surface area contributed by atoms with E-state index >= 15 is 0 Å². The summed E-state index contributed by atoms with van der Waals surface area (Å²) in [5.74, 6) is 0.456. The average Bonchev–Trinajstić information content (AvgIpc) is 3.53. The molecule has 1 heterocycles. The quantitative estimate of drug-likeness (QED) is 0.404. The molecule has 1 amide bonds. The normalized spacial score (nSPS) is 14.8. The van der Waals surface area contributed by atoms with Crippen LogP contribution in [0.15, 0.2) is 28.2 Å². The molecule has 0 radical (unpaired) electrons. The molecule has 0 aliphatic heterocycles. The summed E-state index contributed by atoms with van der Waals surface area (Å²) in [6, 6.07) is 4.90. The third-order valence-electron chi connectivity index (χ3n) is 4.94. The number of esters is 1. The molecule has 29 heavy (non-hydrogen) atoms. The fourth-order valence-corrected chi connectivity index (χ4v) is 4.04. The highest BCUT2D eigenvalue weighted by Gasteiger charge is 2.29. The number of ether oxygens (including phenoxy) is 1. The summed E-state index contributed by atoms with van der Waals surface area (Å²) in [7, 11) is 1.31. The van der Waals surface area contributed by atoms with Crippen LogP contribution in [0.4, 0.5) is 0 Å². The largest absolute Gasteiger partial charge is 0.465 e. The SMILES string of the molecule is COC(=O)c1ccc2c(=O)n(CC(C)C)c(SCC(=O)N[C@H](C)C3CC3)nc2c1. The molecule has 3 rings (SSSR count). The predicted molar refractivity (Wildman–Crippen MR) is 113 cm³/mol. The molecule has 1 aromatic heterocycles. The second-order valence-electron chi connectivity index (χ2n) is 7.91. The highest BCUT2D eigenvalue weighted by atomic mass is 32.2. The minimum atomic E-state index is -0.484. The number of nitrogens with zero attached hydrogens (tertiary/aromatic N) is 2. The summed E-state index contributed by atoms with van der Waals surface area (Å²) in [5, 5.41) is 3.94. The molecule has 7 nitrogen and oxygen atoms in total. The number of methoxy groups -OCH3 is 1. The van der Waals surface area contributed by atoms with Gasteiger partial charge >= 0.3 is 5.97 Å². The van der Waals surface area contributed by atoms with Crippen molar-refractivity contribution in [3.63, 3.8) is 0 Å². The Kier molecular flexibility index (Phi) is 6.62. The van der Waals surface area contributed by atoms with Crippen LogP contribution in [-0.2, 0) is 16.1 Å². The van der Waals surface area contributed by atoms with Gasteiger partial charge in [-0.1, -0.05) is 25.6 Å². The van der Waals surface area contributed by atoms with E-state index in [1.165, 1.54) is 18.9 Å². The lowest BCUT2D eigenvalue weighted by atomic mass is 10.1. The van der Waals surface area contributed by atoms with Gasteiger partial charge in [-0.25, -0.2) is 9.78 Å². The number of aromatic nitrogens is 2. The third kappa shape index (κ3) is 5.18. The summed E-state index contributed by atoms with van der Waals surface area (Å²) < 4.78 is 6.37. The number of fused-ring (bicyclic) bond motifs is 1. The van der Waals surface area contributed by atoms with Crippen LogP contribution in [0.1, 0.15) is 44.0 Å². The van der Waals surface area contributed by atoms with Crippen LogP contribution >= 0.6 is 11.8 Å². The molecule has 1 aliphatic carbocycles. The molecule has 156 valence electrons. The zero-order valence-corrected chi connectivity index (χ0v) is 18.0. The Bertz CT molecular complexity index is 982. The van der Waals surface area contributed by atoms with Gasteiger partial charge in [0.25, 0.3) is 5.56 Å². The van der Waals surface area contributed by atoms with Gasteiger partial charge in [-0.3, -0.25) is 14.2 Å². The Morgan fingerprint density at radius 3 is 2.66 bits per heavy atom. The molecule has 1 fully saturated rings. The predicted octanol–water partition coefficient (Wildman–Crippen LogP) is 2.85. The maximum Gasteiger partial charge on any atom is 0.337 e. The first-order chi connectivity index (χ1) is 13.8. The number of thioether (sulfide) groups is 1. The van der Waals surface area contributed by atoms with Gasteiger partial charge in [-0.05, 0) is 49.8 Å². The first kappa shape index (κ1) is 21.4. The fraction of sp³-hybridized carbons (Fsp3) is 0.524. The Morgan fingerprint density at radius 2 is 2.03 bits per heavy atom. The van der Waals surface area contributed by atoms with Crippen molar-refractivity contribution in [2.24, 2.45) is 11.8 Å². The lowest BCUT2D eigenvalue weighted by molar-refractivity contribution is -0.119. The number of nitrogens with one attached hydrogen (secondary N) is 1. The van der Waals surface area contributed by atoms with Gasteiger partial charge < -0.3 is 10.1 Å². The number of hydrogen-bond donors (Lipinski definition) is 1. The Labute approximate surface area is 174 Å². The minimum absolute atomic E-state index is 0.0665. The third-order valence-corrected chi connectivity index (χ3v) is 5.92. The second-order valence-corrected chi connectivity index (χ2v) is 8.85. The maximum absolute atomic E-state index is 13.0. The molecule has 0 spiro atoms. The molecule has 1 aromatic carbocycles. The zero-order valence-electron chi connectivity index (χ0n) is 17.2. The van der Waals surface area contributed by atoms with Crippen LogP contribution in [0.3, 0.4) is 0 Å². The number of hydrogen-bond acceptors (Lipinski definition) is 6. The number of amides is 1. The average molecular weight is 418 g/mol. The first-order valence-corrected chi connectivity index (χ1v) is 10.8. The van der Waals surface area contributed by atoms with Crippen molar-refractivity contribution in [1.29, 1.82) is 0 Å². The van der Waals surface area contributed by atoms with Crippen LogP contribution in [0.25, 0.3) is 10.9 Å². The van der Waals surface area contributed by atoms with E-state index in [4.69, 9.17) is 4.74 Å². The molecular weight excluding hydrogens is 390 g/mol. The van der Waals surface area contributed by atoms with Gasteiger partial charge in [-0.15, -0.1) is 0 Å². The summed E-state index contributed by atoms with van der Waals surface area (Å²) in [6.45, 7) is 6.57. The van der Waals surface area contributed by atoms with E-state index in [1.807, 2.05) is 20.8 Å². The van der Waals surface area contributed by atoms with Crippen molar-refractivity contribution in [2.75, 3.05) is 12.9 Å². The molecule has 1 aliphatic rings. The lowest BCUT2D eigenvalue weighted by Gasteiger charge is -2.16. The second kappa shape index (κ2) is 8.98. The van der Waals surface area contributed by atoms with Gasteiger partial charge in [0, 0.05) is 12.6 Å². The van der Waals surface area contributed by atoms with E-state index in [1.54, 1.807) is 22.8 Å². The highest BCUT2D eigenvalue weighted by Crippen LogP contribution is 2.32. The van der Waals surface area contributed by atoms with Crippen molar-refractivity contribution < 1.29 is 14.3 Å². The van der Waals surface area contributed by atoms with E-state index in [-0.39, 0.29) is 29.2 Å². The number of carbonyl (C=O) groups is 2. The molecule has 1 atom stereocenters. The van der Waals surface area contributed by atoms with Crippen LogP contribution in [-0.4, -0.2) is 40.3 Å². The van der Waals surface area contributed by atoms with Crippen molar-refractivity contribution >= 4 is 34.5 Å². The van der Waals surface area contributed by atoms with Gasteiger partial charge in [0.2, 0.25) is 5.91 Å². The van der Waals surface area contributed by atoms with Crippen LogP contribution in [0.5, 0.6) is 0 Å². The monoisotopic (exact) mass is 417 g/mol. The molecule has 2 aromatic rings. The van der Waals surface area contributed by atoms with Crippen LogP contribution in [0.2, 0.25) is 0 Å². The molecule has 8 heteroatoms. The zero-order chi connectivity index (χ0) is 21.1. The highest BCUT2D eigenvalue weighted by molar-refractivity contribution is 7.99. The molecular formula is C21H27N3O4S. The van der Waals surface area contributed by atoms with E-state index in [9.17, 15) is 14.4 Å². The first-order valence-electron chi connectivity index (χ1n) is 9.85. The Hall–Kier alpha value is -2.35. The lowest BCUT2D eigenvalue weighted by Crippen LogP contribution is -2.35. The topological polar surface area (TPSA) is 90.3 Å². The van der Waals surface area contributed by atoms with E-state index in [0.29, 0.717) is 34.1 Å². The summed E-state index contributed by atoms with van der Waals surface area (Å²) >= 11 is 1.24. The van der Waals surface area contributed by atoms with Gasteiger partial charge in [0.1, 0.15) is 0 Å². The molecule has 1 saturated carbocycles. The molecule has 0 saturated heterocycles. The van der Waals surface area contributed by atoms with Crippen LogP contribution in [0, 0.1) is 11.8 Å². The smallest absolute Gasteiger partial charge is 0.337 e. The molecule has 0 bridgehead atoms. The van der Waals surface area contributed by atoms with Gasteiger partial charge in [-0.2, -0.15) is 0 Å². The number of carbonyl (C=O) groups excluding carboxylic acids is 2. The maximum atomic E-state index is 13.0. The van der Waals surface area contributed by atoms with Crippen molar-refractivity contribution in [3.8, 4) is 0 Å². The van der Waals surface area contributed by atoms with Crippen molar-refractivity contribution in [3.05, 3.63) is 34.1 Å². The van der Waals surface area contributed by atoms with E-state index in [2.05, 4.69) is 10.3 Å².